The van der Waals surface area contributed by atoms with Crippen molar-refractivity contribution < 1.29 is 23.6 Å². The van der Waals surface area contributed by atoms with E-state index < -0.39 is 7.82 Å². The second kappa shape index (κ2) is 7.68. The Hall–Kier alpha value is -2.59. The highest BCUT2D eigenvalue weighted by Gasteiger charge is 2.47. The van der Waals surface area contributed by atoms with Crippen LogP contribution >= 0.6 is 7.82 Å². The lowest BCUT2D eigenvalue weighted by molar-refractivity contribution is 0.0217. The highest BCUT2D eigenvalue weighted by molar-refractivity contribution is 7.47. The normalized spacial score (nSPS) is 24.9. The van der Waals surface area contributed by atoms with Gasteiger partial charge in [-0.05, 0) is 24.5 Å². The number of phosphoric acid groups is 1. The molecule has 0 spiro atoms. The molecule has 0 bridgehead atoms. The van der Waals surface area contributed by atoms with E-state index >= 15 is 0 Å². The van der Waals surface area contributed by atoms with Crippen LogP contribution in [0.4, 0.5) is 17.5 Å². The fourth-order valence-corrected chi connectivity index (χ4v) is 4.57. The maximum Gasteiger partial charge on any atom is 0.527 e. The molecule has 0 radical (unpaired) electrons. The van der Waals surface area contributed by atoms with Crippen LogP contribution < -0.4 is 26.0 Å². The molecule has 12 heteroatoms. The summed E-state index contributed by atoms with van der Waals surface area (Å²) in [6.07, 6.45) is 0.620. The van der Waals surface area contributed by atoms with Crippen LogP contribution in [0.25, 0.3) is 0 Å². The van der Waals surface area contributed by atoms with Crippen molar-refractivity contribution in [1.82, 2.24) is 9.97 Å². The molecule has 11 nitrogen and oxygen atoms in total. The Morgan fingerprint density at radius 3 is 2.83 bits per heavy atom. The van der Waals surface area contributed by atoms with Crippen molar-refractivity contribution in [3.05, 3.63) is 40.7 Å². The molecule has 0 amide bonds. The summed E-state index contributed by atoms with van der Waals surface area (Å²) in [5, 5.41) is 12.6. The van der Waals surface area contributed by atoms with E-state index in [9.17, 15) is 19.4 Å². The number of aromatic nitrogens is 2. The number of nitrogens with zero attached hydrogens (tertiary/aromatic N) is 2. The number of para-hydroxylation sites is 1. The van der Waals surface area contributed by atoms with Crippen LogP contribution in [-0.4, -0.2) is 45.9 Å². The van der Waals surface area contributed by atoms with Crippen molar-refractivity contribution in [3.8, 4) is 5.75 Å². The number of nitrogen functional groups attached to an aromatic ring is 1. The second-order valence-corrected chi connectivity index (χ2v) is 8.41. The number of aromatic amines is 1. The van der Waals surface area contributed by atoms with E-state index in [1.165, 1.54) is 0 Å². The lowest BCUT2D eigenvalue weighted by Gasteiger charge is -2.48. The first kappa shape index (κ1) is 19.7. The van der Waals surface area contributed by atoms with Crippen molar-refractivity contribution in [3.63, 3.8) is 0 Å². The summed E-state index contributed by atoms with van der Waals surface area (Å²) in [4.78, 5) is 30.6. The van der Waals surface area contributed by atoms with Crippen molar-refractivity contribution in [1.29, 1.82) is 0 Å². The van der Waals surface area contributed by atoms with Crippen molar-refractivity contribution in [2.75, 3.05) is 35.8 Å². The first-order valence-corrected chi connectivity index (χ1v) is 10.6. The summed E-state index contributed by atoms with van der Waals surface area (Å²) in [7, 11) is -4.33. The molecule has 1 fully saturated rings. The second-order valence-electron chi connectivity index (χ2n) is 7.03. The van der Waals surface area contributed by atoms with Gasteiger partial charge in [0.05, 0.1) is 13.3 Å². The SMILES string of the molecule is Nc1nc2c(c(=O)[nH]1)NCN2C1CC(CO)C1COP(=O)(O)Oc1ccccc1. The number of hydrogen-bond donors (Lipinski definition) is 5. The summed E-state index contributed by atoms with van der Waals surface area (Å²) in [5.74, 6) is 0.281. The van der Waals surface area contributed by atoms with Gasteiger partial charge in [-0.3, -0.25) is 19.2 Å². The average molecular weight is 423 g/mol. The lowest BCUT2D eigenvalue weighted by atomic mass is 9.69. The predicted octanol–water partition coefficient (Wildman–Crippen LogP) is 0.734. The molecular weight excluding hydrogens is 401 g/mol. The number of anilines is 3. The molecule has 2 aromatic rings. The third-order valence-corrected chi connectivity index (χ3v) is 6.21. The Kier molecular flexibility index (Phi) is 5.22. The highest BCUT2D eigenvalue weighted by atomic mass is 31.2. The Morgan fingerprint density at radius 1 is 1.34 bits per heavy atom. The van der Waals surface area contributed by atoms with Crippen molar-refractivity contribution >= 4 is 25.3 Å². The number of rotatable bonds is 7. The van der Waals surface area contributed by atoms with Crippen molar-refractivity contribution in [2.24, 2.45) is 11.8 Å². The molecule has 4 atom stereocenters. The third-order valence-electron chi connectivity index (χ3n) is 5.29. The van der Waals surface area contributed by atoms with E-state index in [4.69, 9.17) is 14.8 Å². The Labute approximate surface area is 166 Å². The monoisotopic (exact) mass is 423 g/mol. The quantitative estimate of drug-likeness (QED) is 0.401. The molecule has 4 unspecified atom stereocenters. The Balaban J connectivity index is 1.46. The molecule has 156 valence electrons. The molecule has 2 aliphatic rings. The topological polar surface area (TPSA) is 163 Å². The van der Waals surface area contributed by atoms with Crippen LogP contribution in [0.2, 0.25) is 0 Å². The number of aliphatic hydroxyl groups is 1. The van der Waals surface area contributed by atoms with Gasteiger partial charge >= 0.3 is 7.82 Å². The van der Waals surface area contributed by atoms with Crippen LogP contribution in [0.3, 0.4) is 0 Å². The zero-order valence-corrected chi connectivity index (χ0v) is 16.3. The molecule has 1 aromatic carbocycles. The minimum Gasteiger partial charge on any atom is -0.404 e. The summed E-state index contributed by atoms with van der Waals surface area (Å²) in [6, 6.07) is 8.07. The number of H-pyrrole nitrogens is 1. The largest absolute Gasteiger partial charge is 0.527 e. The molecule has 2 heterocycles. The van der Waals surface area contributed by atoms with Gasteiger partial charge in [-0.1, -0.05) is 18.2 Å². The van der Waals surface area contributed by atoms with Crippen LogP contribution in [0.1, 0.15) is 6.42 Å². The van der Waals surface area contributed by atoms with E-state index in [-0.39, 0.29) is 48.3 Å². The van der Waals surface area contributed by atoms with Gasteiger partial charge < -0.3 is 25.6 Å². The van der Waals surface area contributed by atoms with E-state index in [0.717, 1.165) is 0 Å². The molecule has 1 aromatic heterocycles. The standard InChI is InChI=1S/C17H22N5O6P/c18-17-20-15-14(16(24)21-17)19-9-22(15)13-6-10(7-23)12(13)8-27-29(25,26)28-11-4-2-1-3-5-11/h1-5,10,12-13,19,23H,6-9H2,(H,25,26)(H3,18,20,21,24). The molecule has 29 heavy (non-hydrogen) atoms. The van der Waals surface area contributed by atoms with Crippen LogP contribution in [-0.2, 0) is 9.09 Å². The number of benzene rings is 1. The smallest absolute Gasteiger partial charge is 0.404 e. The molecule has 1 aliphatic carbocycles. The van der Waals surface area contributed by atoms with Crippen LogP contribution in [0.15, 0.2) is 35.1 Å². The minimum absolute atomic E-state index is 0.00408. The number of fused-ring (bicyclic) bond motifs is 1. The molecule has 4 rings (SSSR count). The maximum absolute atomic E-state index is 12.3. The van der Waals surface area contributed by atoms with Crippen LogP contribution in [0.5, 0.6) is 5.75 Å². The van der Waals surface area contributed by atoms with E-state index in [0.29, 0.717) is 24.6 Å². The molecule has 1 saturated carbocycles. The number of aliphatic hydroxyl groups excluding tert-OH is 1. The summed E-state index contributed by atoms with van der Waals surface area (Å²) < 4.78 is 22.6. The zero-order chi connectivity index (χ0) is 20.6. The highest BCUT2D eigenvalue weighted by Crippen LogP contribution is 2.48. The Bertz CT molecular complexity index is 986. The van der Waals surface area contributed by atoms with Gasteiger partial charge in [0.15, 0.2) is 5.82 Å². The molecular formula is C17H22N5O6P. The van der Waals surface area contributed by atoms with Crippen molar-refractivity contribution in [2.45, 2.75) is 12.5 Å². The average Bonchev–Trinajstić information content (AvgIpc) is 3.05. The fourth-order valence-electron chi connectivity index (χ4n) is 3.77. The van der Waals surface area contributed by atoms with Gasteiger partial charge in [0, 0.05) is 18.6 Å². The molecule has 0 saturated heterocycles. The number of nitrogens with one attached hydrogen (secondary N) is 2. The minimum atomic E-state index is -4.33. The fraction of sp³-hybridized carbons (Fsp3) is 0.412. The van der Waals surface area contributed by atoms with E-state index in [1.807, 2.05) is 4.90 Å². The maximum atomic E-state index is 12.3. The van der Waals surface area contributed by atoms with Gasteiger partial charge in [-0.15, -0.1) is 0 Å². The summed E-state index contributed by atoms with van der Waals surface area (Å²) in [5.41, 5.74) is 5.62. The van der Waals surface area contributed by atoms with Crippen LogP contribution in [0, 0.1) is 11.8 Å². The van der Waals surface area contributed by atoms with E-state index in [1.54, 1.807) is 30.3 Å². The number of hydrogen-bond acceptors (Lipinski definition) is 9. The van der Waals surface area contributed by atoms with Gasteiger partial charge in [0.1, 0.15) is 11.4 Å². The van der Waals surface area contributed by atoms with Gasteiger partial charge in [0.2, 0.25) is 5.95 Å². The summed E-state index contributed by atoms with van der Waals surface area (Å²) in [6.45, 7) is 0.158. The van der Waals surface area contributed by atoms with E-state index in [2.05, 4.69) is 15.3 Å². The first-order chi connectivity index (χ1) is 13.9. The first-order valence-electron chi connectivity index (χ1n) is 9.11. The molecule has 1 aliphatic heterocycles. The van der Waals surface area contributed by atoms with Gasteiger partial charge in [-0.2, -0.15) is 4.98 Å². The zero-order valence-electron chi connectivity index (χ0n) is 15.4. The number of phosphoric ester groups is 1. The third kappa shape index (κ3) is 3.95. The summed E-state index contributed by atoms with van der Waals surface area (Å²) >= 11 is 0. The lowest BCUT2D eigenvalue weighted by Crippen LogP contribution is -2.55. The van der Waals surface area contributed by atoms with Gasteiger partial charge in [-0.25, -0.2) is 4.57 Å². The molecule has 6 N–H and O–H groups in total. The predicted molar refractivity (Wildman–Crippen MR) is 106 cm³/mol. The van der Waals surface area contributed by atoms with Gasteiger partial charge in [0.25, 0.3) is 5.56 Å². The number of nitrogens with two attached hydrogens (primary N) is 1. The Morgan fingerprint density at radius 2 is 2.10 bits per heavy atom.